The molecule has 1 aliphatic carbocycles. The molecule has 0 spiro atoms. The van der Waals surface area contributed by atoms with Crippen LogP contribution in [-0.4, -0.2) is 45.8 Å². The molecule has 1 aliphatic heterocycles. The van der Waals surface area contributed by atoms with Gasteiger partial charge in [0.1, 0.15) is 24.7 Å². The number of rotatable bonds is 6. The largest absolute Gasteiger partial charge is 0.523 e. The van der Waals surface area contributed by atoms with Crippen molar-refractivity contribution in [2.24, 2.45) is 0 Å². The van der Waals surface area contributed by atoms with Crippen LogP contribution in [0.25, 0.3) is 0 Å². The van der Waals surface area contributed by atoms with Gasteiger partial charge in [-0.05, 0) is 22.6 Å². The predicted molar refractivity (Wildman–Crippen MR) is 102 cm³/mol. The minimum atomic E-state index is -5.13. The number of imidazole rings is 1. The van der Waals surface area contributed by atoms with Crippen molar-refractivity contribution in [1.29, 1.82) is 0 Å². The van der Waals surface area contributed by atoms with Gasteiger partial charge < -0.3 is 19.6 Å². The molecule has 3 atom stereocenters. The molecule has 4 rings (SSSR count). The van der Waals surface area contributed by atoms with E-state index >= 15 is 4.39 Å². The highest BCUT2D eigenvalue weighted by Crippen LogP contribution is 2.39. The lowest BCUT2D eigenvalue weighted by atomic mass is 9.87. The molecule has 0 fully saturated rings. The molecule has 2 unspecified atom stereocenters. The molecular weight excluding hydrogens is 438 g/mol. The molecule has 0 N–H and O–H groups in total. The maximum Gasteiger partial charge on any atom is 0.523 e. The number of halogens is 4. The fraction of sp³-hybridized carbons (Fsp3) is 0.350. The Bertz CT molecular complexity index is 1050. The summed E-state index contributed by atoms with van der Waals surface area (Å²) in [4.78, 5) is 13.8. The highest BCUT2D eigenvalue weighted by atomic mass is 19.4. The molecule has 1 aromatic heterocycles. The normalized spacial score (nSPS) is 25.1. The predicted octanol–water partition coefficient (Wildman–Crippen LogP) is 4.05. The summed E-state index contributed by atoms with van der Waals surface area (Å²) in [6, 6.07) is 8.70. The highest BCUT2D eigenvalue weighted by molar-refractivity contribution is 5.38. The first-order chi connectivity index (χ1) is 15.2. The molecule has 2 aliphatic rings. The number of fused-ring (bicyclic) bond motifs is 1. The SMILES string of the molecule is O=[N+]([O-])c1cn2c(n1)OC[C@@H](OCC1(OC(F)(F)F)C=CC(c3ccccc3)C=C1F)C2. The molecular formula is C20H17F4N3O5. The Morgan fingerprint density at radius 1 is 1.31 bits per heavy atom. The second-order valence-corrected chi connectivity index (χ2v) is 7.28. The number of alkyl halides is 3. The zero-order chi connectivity index (χ0) is 22.9. The number of nitro groups is 1. The Morgan fingerprint density at radius 2 is 2.06 bits per heavy atom. The zero-order valence-electron chi connectivity index (χ0n) is 16.4. The van der Waals surface area contributed by atoms with Crippen LogP contribution < -0.4 is 4.74 Å². The first-order valence-corrected chi connectivity index (χ1v) is 9.50. The van der Waals surface area contributed by atoms with Gasteiger partial charge in [0.2, 0.25) is 0 Å². The molecule has 0 bridgehead atoms. The van der Waals surface area contributed by atoms with Gasteiger partial charge in [0.05, 0.1) is 13.2 Å². The molecule has 1 aromatic carbocycles. The van der Waals surface area contributed by atoms with Crippen LogP contribution in [0, 0.1) is 10.1 Å². The van der Waals surface area contributed by atoms with Crippen LogP contribution in [0.4, 0.5) is 23.4 Å². The molecule has 2 heterocycles. The Kier molecular flexibility index (Phi) is 5.73. The van der Waals surface area contributed by atoms with Gasteiger partial charge in [0, 0.05) is 10.9 Å². The van der Waals surface area contributed by atoms with Gasteiger partial charge in [0.15, 0.2) is 5.60 Å². The van der Waals surface area contributed by atoms with Gasteiger partial charge in [-0.2, -0.15) is 0 Å². The van der Waals surface area contributed by atoms with Crippen LogP contribution in [0.1, 0.15) is 11.5 Å². The van der Waals surface area contributed by atoms with Crippen molar-refractivity contribution in [2.75, 3.05) is 13.2 Å². The average molecular weight is 455 g/mol. The third kappa shape index (κ3) is 4.65. The van der Waals surface area contributed by atoms with E-state index in [1.807, 2.05) is 0 Å². The Labute approximate surface area is 178 Å². The van der Waals surface area contributed by atoms with E-state index in [-0.39, 0.29) is 19.2 Å². The van der Waals surface area contributed by atoms with E-state index in [4.69, 9.17) is 9.47 Å². The fourth-order valence-corrected chi connectivity index (χ4v) is 3.51. The van der Waals surface area contributed by atoms with Crippen LogP contribution in [0.5, 0.6) is 6.01 Å². The van der Waals surface area contributed by atoms with Crippen molar-refractivity contribution < 1.29 is 36.7 Å². The Hall–Kier alpha value is -3.25. The van der Waals surface area contributed by atoms with E-state index in [1.165, 1.54) is 10.6 Å². The van der Waals surface area contributed by atoms with E-state index < -0.39 is 47.2 Å². The van der Waals surface area contributed by atoms with Gasteiger partial charge >= 0.3 is 18.2 Å². The van der Waals surface area contributed by atoms with Crippen LogP contribution in [0.3, 0.4) is 0 Å². The van der Waals surface area contributed by atoms with Crippen LogP contribution in [0.15, 0.2) is 60.6 Å². The van der Waals surface area contributed by atoms with Crippen LogP contribution >= 0.6 is 0 Å². The minimum Gasteiger partial charge on any atom is -0.443 e. The fourth-order valence-electron chi connectivity index (χ4n) is 3.51. The van der Waals surface area contributed by atoms with Crippen LogP contribution in [0.2, 0.25) is 0 Å². The lowest BCUT2D eigenvalue weighted by molar-refractivity contribution is -0.389. The summed E-state index contributed by atoms with van der Waals surface area (Å²) in [5.41, 5.74) is -1.79. The lowest BCUT2D eigenvalue weighted by Crippen LogP contribution is -2.45. The summed E-state index contributed by atoms with van der Waals surface area (Å²) < 4.78 is 70.6. The zero-order valence-corrected chi connectivity index (χ0v) is 16.4. The lowest BCUT2D eigenvalue weighted by Gasteiger charge is -2.35. The van der Waals surface area contributed by atoms with Crippen molar-refractivity contribution in [1.82, 2.24) is 9.55 Å². The average Bonchev–Trinajstić information content (AvgIpc) is 3.18. The number of nitrogens with zero attached hydrogens (tertiary/aromatic N) is 3. The second-order valence-electron chi connectivity index (χ2n) is 7.28. The van der Waals surface area contributed by atoms with Crippen LogP contribution in [-0.2, 0) is 16.0 Å². The van der Waals surface area contributed by atoms with E-state index in [2.05, 4.69) is 9.72 Å². The summed E-state index contributed by atoms with van der Waals surface area (Å²) in [6.07, 6.45) is -1.33. The first-order valence-electron chi connectivity index (χ1n) is 9.50. The van der Waals surface area contributed by atoms with Gasteiger partial charge in [-0.3, -0.25) is 9.30 Å². The molecule has 32 heavy (non-hydrogen) atoms. The van der Waals surface area contributed by atoms with Gasteiger partial charge in [0.25, 0.3) is 0 Å². The maximum atomic E-state index is 15.0. The molecule has 8 nitrogen and oxygen atoms in total. The molecule has 2 aromatic rings. The molecule has 0 amide bonds. The molecule has 0 saturated heterocycles. The van der Waals surface area contributed by atoms with Crippen molar-refractivity contribution in [2.45, 2.75) is 30.5 Å². The summed E-state index contributed by atoms with van der Waals surface area (Å²) >= 11 is 0. The standard InChI is InChI=1S/C20H17F4N3O5/c21-16-8-14(13-4-2-1-3-5-13)6-7-19(16,32-20(22,23)24)12-31-15-9-26-10-17(27(28)29)25-18(26)30-11-15/h1-8,10,14-15H,9,11-12H2/t14?,15-,19?/m0/s1. The Balaban J connectivity index is 1.50. The van der Waals surface area contributed by atoms with E-state index in [1.54, 1.807) is 30.3 Å². The second kappa shape index (κ2) is 8.36. The number of hydrogen-bond acceptors (Lipinski definition) is 6. The van der Waals surface area contributed by atoms with Crippen molar-refractivity contribution >= 4 is 5.82 Å². The number of aromatic nitrogens is 2. The van der Waals surface area contributed by atoms with Crippen molar-refractivity contribution in [3.63, 3.8) is 0 Å². The third-order valence-electron chi connectivity index (χ3n) is 5.03. The molecule has 0 radical (unpaired) electrons. The molecule has 170 valence electrons. The number of benzene rings is 1. The number of allylic oxidation sites excluding steroid dienone is 2. The highest BCUT2D eigenvalue weighted by Gasteiger charge is 2.48. The topological polar surface area (TPSA) is 88.7 Å². The maximum absolute atomic E-state index is 15.0. The van der Waals surface area contributed by atoms with Gasteiger partial charge in [-0.15, -0.1) is 13.2 Å². The van der Waals surface area contributed by atoms with Gasteiger partial charge in [-0.25, -0.2) is 4.39 Å². The van der Waals surface area contributed by atoms with Crippen molar-refractivity contribution in [3.05, 3.63) is 76.3 Å². The Morgan fingerprint density at radius 3 is 2.72 bits per heavy atom. The summed E-state index contributed by atoms with van der Waals surface area (Å²) in [6.45, 7) is -0.884. The summed E-state index contributed by atoms with van der Waals surface area (Å²) in [5, 5.41) is 10.8. The monoisotopic (exact) mass is 455 g/mol. The first kappa shape index (κ1) is 22.0. The van der Waals surface area contributed by atoms with E-state index in [9.17, 15) is 23.3 Å². The smallest absolute Gasteiger partial charge is 0.443 e. The molecule has 0 saturated carbocycles. The van der Waals surface area contributed by atoms with Gasteiger partial charge in [-0.1, -0.05) is 36.4 Å². The quantitative estimate of drug-likeness (QED) is 0.283. The minimum absolute atomic E-state index is 0.00727. The van der Waals surface area contributed by atoms with E-state index in [0.717, 1.165) is 18.3 Å². The summed E-state index contributed by atoms with van der Waals surface area (Å²) in [5.74, 6) is -2.14. The summed E-state index contributed by atoms with van der Waals surface area (Å²) in [7, 11) is 0. The van der Waals surface area contributed by atoms with Crippen molar-refractivity contribution in [3.8, 4) is 6.01 Å². The number of ether oxygens (including phenoxy) is 3. The third-order valence-corrected chi connectivity index (χ3v) is 5.03. The molecule has 12 heteroatoms. The number of hydrogen-bond donors (Lipinski definition) is 0. The van der Waals surface area contributed by atoms with E-state index in [0.29, 0.717) is 5.56 Å².